The average Bonchev–Trinajstić information content (AvgIpc) is 3.30. The smallest absolute Gasteiger partial charge is 0.277 e. The molecule has 28 heavy (non-hydrogen) atoms. The lowest BCUT2D eigenvalue weighted by atomic mass is 10.1. The number of aryl methyl sites for hydroxylation is 2. The van der Waals surface area contributed by atoms with Gasteiger partial charge in [0.15, 0.2) is 5.69 Å². The van der Waals surface area contributed by atoms with Crippen molar-refractivity contribution in [2.45, 2.75) is 32.7 Å². The average molecular weight is 403 g/mol. The second kappa shape index (κ2) is 8.53. The molecule has 0 aliphatic carbocycles. The Kier molecular flexibility index (Phi) is 6.11. The van der Waals surface area contributed by atoms with Crippen molar-refractivity contribution in [1.29, 1.82) is 0 Å². The first-order chi connectivity index (χ1) is 13.1. The molecule has 1 amide bonds. The lowest BCUT2D eigenvalue weighted by Crippen LogP contribution is -2.29. The van der Waals surface area contributed by atoms with Gasteiger partial charge in [0.05, 0.1) is 17.9 Å². The summed E-state index contributed by atoms with van der Waals surface area (Å²) < 4.78 is 7.46. The minimum absolute atomic E-state index is 0. The highest BCUT2D eigenvalue weighted by Crippen LogP contribution is 2.24. The molecule has 1 aliphatic heterocycles. The molecule has 0 saturated carbocycles. The molecule has 4 rings (SSSR count). The van der Waals surface area contributed by atoms with E-state index < -0.39 is 0 Å². The summed E-state index contributed by atoms with van der Waals surface area (Å²) >= 11 is 0. The van der Waals surface area contributed by atoms with Crippen LogP contribution in [0, 0.1) is 13.8 Å². The van der Waals surface area contributed by atoms with Crippen molar-refractivity contribution in [3.8, 4) is 11.5 Å². The summed E-state index contributed by atoms with van der Waals surface area (Å²) in [4.78, 5) is 16.9. The van der Waals surface area contributed by atoms with Gasteiger partial charge in [0, 0.05) is 11.3 Å². The number of aromatic nitrogens is 4. The molecule has 1 saturated heterocycles. The van der Waals surface area contributed by atoms with Crippen LogP contribution in [0.3, 0.4) is 0 Å². The predicted molar refractivity (Wildman–Crippen MR) is 108 cm³/mol. The molecule has 148 valence electrons. The predicted octanol–water partition coefficient (Wildman–Crippen LogP) is 3.15. The summed E-state index contributed by atoms with van der Waals surface area (Å²) in [5.41, 5.74) is 2.63. The van der Waals surface area contributed by atoms with Crippen LogP contribution in [0.25, 0.3) is 11.5 Å². The number of carbonyl (C=O) groups excluding carboxylic acids is 1. The van der Waals surface area contributed by atoms with E-state index in [-0.39, 0.29) is 18.3 Å². The van der Waals surface area contributed by atoms with Crippen molar-refractivity contribution < 1.29 is 9.21 Å². The summed E-state index contributed by atoms with van der Waals surface area (Å²) in [5.74, 6) is 1.04. The Balaban J connectivity index is 0.00000225. The molecule has 3 aromatic rings. The maximum atomic E-state index is 12.5. The van der Waals surface area contributed by atoms with E-state index in [4.69, 9.17) is 4.42 Å². The van der Waals surface area contributed by atoms with Gasteiger partial charge in [-0.05, 0) is 58.0 Å². The molecular weight excluding hydrogens is 380 g/mol. The number of oxazole rings is 1. The first-order valence-corrected chi connectivity index (χ1v) is 9.08. The third-order valence-corrected chi connectivity index (χ3v) is 4.82. The van der Waals surface area contributed by atoms with Crippen molar-refractivity contribution >= 4 is 24.0 Å². The quantitative estimate of drug-likeness (QED) is 0.695. The first kappa shape index (κ1) is 20.0. The highest BCUT2D eigenvalue weighted by Gasteiger charge is 2.19. The molecule has 8 nitrogen and oxygen atoms in total. The number of benzene rings is 1. The third-order valence-electron chi connectivity index (χ3n) is 4.82. The van der Waals surface area contributed by atoms with Crippen LogP contribution in [0.4, 0.5) is 5.69 Å². The normalized spacial score (nSPS) is 14.5. The van der Waals surface area contributed by atoms with Crippen LogP contribution in [-0.4, -0.2) is 39.0 Å². The van der Waals surface area contributed by atoms with Gasteiger partial charge in [-0.15, -0.1) is 17.5 Å². The Morgan fingerprint density at radius 3 is 2.79 bits per heavy atom. The van der Waals surface area contributed by atoms with Gasteiger partial charge in [-0.3, -0.25) is 4.79 Å². The first-order valence-electron chi connectivity index (χ1n) is 9.08. The molecule has 2 aromatic heterocycles. The van der Waals surface area contributed by atoms with Gasteiger partial charge in [0.1, 0.15) is 5.76 Å². The van der Waals surface area contributed by atoms with Crippen LogP contribution in [0.5, 0.6) is 0 Å². The van der Waals surface area contributed by atoms with Crippen molar-refractivity contribution in [1.82, 2.24) is 25.3 Å². The van der Waals surface area contributed by atoms with E-state index in [1.165, 1.54) is 0 Å². The number of piperidine rings is 1. The molecule has 0 unspecified atom stereocenters. The Morgan fingerprint density at radius 2 is 2.07 bits per heavy atom. The lowest BCUT2D eigenvalue weighted by Gasteiger charge is -2.22. The van der Waals surface area contributed by atoms with Crippen molar-refractivity contribution in [2.75, 3.05) is 18.4 Å². The zero-order valence-electron chi connectivity index (χ0n) is 15.8. The van der Waals surface area contributed by atoms with Gasteiger partial charge in [-0.1, -0.05) is 11.3 Å². The molecular formula is C19H23ClN6O2. The van der Waals surface area contributed by atoms with Crippen LogP contribution < -0.4 is 10.6 Å². The van der Waals surface area contributed by atoms with Gasteiger partial charge in [-0.2, -0.15) is 0 Å². The molecule has 9 heteroatoms. The number of amides is 1. The summed E-state index contributed by atoms with van der Waals surface area (Å²) in [6, 6.07) is 7.70. The number of anilines is 1. The number of nitrogens with zero attached hydrogens (tertiary/aromatic N) is 4. The van der Waals surface area contributed by atoms with Crippen molar-refractivity contribution in [3.05, 3.63) is 47.6 Å². The van der Waals surface area contributed by atoms with E-state index in [0.717, 1.165) is 42.9 Å². The number of halogens is 1. The van der Waals surface area contributed by atoms with Gasteiger partial charge in [0.2, 0.25) is 5.89 Å². The summed E-state index contributed by atoms with van der Waals surface area (Å²) in [5, 5.41) is 14.4. The zero-order chi connectivity index (χ0) is 18.8. The highest BCUT2D eigenvalue weighted by atomic mass is 35.5. The van der Waals surface area contributed by atoms with Crippen LogP contribution in [-0.2, 0) is 0 Å². The van der Waals surface area contributed by atoms with Crippen molar-refractivity contribution in [3.63, 3.8) is 0 Å². The van der Waals surface area contributed by atoms with Gasteiger partial charge in [-0.25, -0.2) is 9.67 Å². The fourth-order valence-electron chi connectivity index (χ4n) is 3.15. The van der Waals surface area contributed by atoms with E-state index in [9.17, 15) is 4.79 Å². The maximum Gasteiger partial charge on any atom is 0.277 e. The van der Waals surface area contributed by atoms with E-state index >= 15 is 0 Å². The van der Waals surface area contributed by atoms with E-state index in [0.29, 0.717) is 23.3 Å². The second-order valence-electron chi connectivity index (χ2n) is 6.76. The van der Waals surface area contributed by atoms with E-state index in [2.05, 4.69) is 25.9 Å². The second-order valence-corrected chi connectivity index (χ2v) is 6.76. The minimum Gasteiger partial charge on any atom is -0.441 e. The largest absolute Gasteiger partial charge is 0.441 e. The number of rotatable bonds is 4. The van der Waals surface area contributed by atoms with Crippen LogP contribution >= 0.6 is 12.4 Å². The molecule has 0 atom stereocenters. The SMILES string of the molecule is Cc1nc(-c2cccc(NC(=O)c3cn(C4CCNCC4)nn3)c2)oc1C.Cl. The monoisotopic (exact) mass is 402 g/mol. The number of carbonyl (C=O) groups is 1. The van der Waals surface area contributed by atoms with Crippen LogP contribution in [0.1, 0.15) is 40.8 Å². The van der Waals surface area contributed by atoms with E-state index in [1.807, 2.05) is 38.1 Å². The fourth-order valence-corrected chi connectivity index (χ4v) is 3.15. The van der Waals surface area contributed by atoms with Gasteiger partial charge in [0.25, 0.3) is 5.91 Å². The molecule has 1 fully saturated rings. The molecule has 0 bridgehead atoms. The molecule has 0 radical (unpaired) electrons. The molecule has 0 spiro atoms. The molecule has 2 N–H and O–H groups in total. The third kappa shape index (κ3) is 4.23. The van der Waals surface area contributed by atoms with Crippen molar-refractivity contribution in [2.24, 2.45) is 0 Å². The number of hydrogen-bond donors (Lipinski definition) is 2. The Hall–Kier alpha value is -2.71. The lowest BCUT2D eigenvalue weighted by molar-refractivity contribution is 0.102. The maximum absolute atomic E-state index is 12.5. The fraction of sp³-hybridized carbons (Fsp3) is 0.368. The summed E-state index contributed by atoms with van der Waals surface area (Å²) in [6.45, 7) is 5.69. The molecule has 3 heterocycles. The summed E-state index contributed by atoms with van der Waals surface area (Å²) in [7, 11) is 0. The molecule has 1 aromatic carbocycles. The Bertz CT molecular complexity index is 941. The highest BCUT2D eigenvalue weighted by molar-refractivity contribution is 6.02. The van der Waals surface area contributed by atoms with Crippen LogP contribution in [0.2, 0.25) is 0 Å². The number of nitrogens with one attached hydrogen (secondary N) is 2. The standard InChI is InChI=1S/C19H22N6O2.ClH/c1-12-13(2)27-19(21-12)14-4-3-5-15(10-14)22-18(26)17-11-25(24-23-17)16-6-8-20-9-7-16;/h3-5,10-11,16,20H,6-9H2,1-2H3,(H,22,26);1H. The molecule has 1 aliphatic rings. The summed E-state index contributed by atoms with van der Waals surface area (Å²) in [6.07, 6.45) is 3.69. The van der Waals surface area contributed by atoms with E-state index in [1.54, 1.807) is 10.9 Å². The minimum atomic E-state index is -0.285. The Morgan fingerprint density at radius 1 is 1.29 bits per heavy atom. The Labute approximate surface area is 169 Å². The van der Waals surface area contributed by atoms with Gasteiger partial charge >= 0.3 is 0 Å². The number of hydrogen-bond acceptors (Lipinski definition) is 6. The topological polar surface area (TPSA) is 97.9 Å². The zero-order valence-corrected chi connectivity index (χ0v) is 16.6. The van der Waals surface area contributed by atoms with Gasteiger partial charge < -0.3 is 15.1 Å². The van der Waals surface area contributed by atoms with Crippen LogP contribution in [0.15, 0.2) is 34.9 Å².